The van der Waals surface area contributed by atoms with Gasteiger partial charge in [-0.2, -0.15) is 0 Å². The molecule has 0 aliphatic carbocycles. The molecule has 6 heteroatoms. The summed E-state index contributed by atoms with van der Waals surface area (Å²) in [5.41, 5.74) is 0. The molecule has 0 spiro atoms. The first-order chi connectivity index (χ1) is 10.7. The molecule has 0 bridgehead atoms. The summed E-state index contributed by atoms with van der Waals surface area (Å²) in [4.78, 5) is 1.49. The molecule has 0 saturated heterocycles. The van der Waals surface area contributed by atoms with Crippen LogP contribution in [0.1, 0.15) is 11.5 Å². The van der Waals surface area contributed by atoms with Crippen molar-refractivity contribution in [2.24, 2.45) is 0 Å². The quantitative estimate of drug-likeness (QED) is 0.495. The number of hydrogen-bond acceptors (Lipinski definition) is 6. The van der Waals surface area contributed by atoms with Gasteiger partial charge < -0.3 is 19.0 Å². The summed E-state index contributed by atoms with van der Waals surface area (Å²) in [6, 6.07) is 10.9. The van der Waals surface area contributed by atoms with Crippen molar-refractivity contribution in [1.29, 1.82) is 0 Å². The molecule has 2 aromatic heterocycles. The van der Waals surface area contributed by atoms with Crippen molar-refractivity contribution in [3.8, 4) is 11.5 Å². The van der Waals surface area contributed by atoms with Crippen LogP contribution in [-0.4, -0.2) is 10.2 Å². The molecule has 2 N–H and O–H groups in total. The summed E-state index contributed by atoms with van der Waals surface area (Å²) in [6.07, 6.45) is 3.25. The Morgan fingerprint density at radius 2 is 1.50 bits per heavy atom. The zero-order valence-corrected chi connectivity index (χ0v) is 13.2. The summed E-state index contributed by atoms with van der Waals surface area (Å²) in [6.45, 7) is 0. The smallest absolute Gasteiger partial charge is 0.171 e. The Labute approximate surface area is 136 Å². The first kappa shape index (κ1) is 15.0. The lowest BCUT2D eigenvalue weighted by molar-refractivity contribution is 0.393. The zero-order valence-electron chi connectivity index (χ0n) is 11.6. The Bertz CT molecular complexity index is 721. The van der Waals surface area contributed by atoms with Crippen LogP contribution in [0.3, 0.4) is 0 Å². The predicted molar refractivity (Wildman–Crippen MR) is 86.3 cm³/mol. The maximum absolute atomic E-state index is 9.97. The van der Waals surface area contributed by atoms with Gasteiger partial charge in [0.1, 0.15) is 11.5 Å². The highest BCUT2D eigenvalue weighted by Crippen LogP contribution is 2.41. The van der Waals surface area contributed by atoms with Gasteiger partial charge in [-0.1, -0.05) is 0 Å². The van der Waals surface area contributed by atoms with Gasteiger partial charge in [-0.3, -0.25) is 0 Å². The van der Waals surface area contributed by atoms with E-state index in [9.17, 15) is 10.2 Å². The molecule has 4 nitrogen and oxygen atoms in total. The topological polar surface area (TPSA) is 66.7 Å². The largest absolute Gasteiger partial charge is 0.504 e. The van der Waals surface area contributed by atoms with Crippen LogP contribution in [0.2, 0.25) is 0 Å². The second kappa shape index (κ2) is 6.89. The van der Waals surface area contributed by atoms with Crippen molar-refractivity contribution >= 4 is 23.5 Å². The number of rotatable bonds is 6. The maximum atomic E-state index is 9.97. The van der Waals surface area contributed by atoms with Crippen molar-refractivity contribution < 1.29 is 19.0 Å². The van der Waals surface area contributed by atoms with Crippen LogP contribution < -0.4 is 0 Å². The van der Waals surface area contributed by atoms with Crippen LogP contribution in [0.25, 0.3) is 0 Å². The highest BCUT2D eigenvalue weighted by molar-refractivity contribution is 7.99. The third kappa shape index (κ3) is 3.64. The Morgan fingerprint density at radius 1 is 0.864 bits per heavy atom. The second-order valence-electron chi connectivity index (χ2n) is 4.53. The van der Waals surface area contributed by atoms with Crippen molar-refractivity contribution in [2.45, 2.75) is 21.3 Å². The summed E-state index contributed by atoms with van der Waals surface area (Å²) in [5.74, 6) is 2.72. The minimum absolute atomic E-state index is 0.0982. The van der Waals surface area contributed by atoms with Crippen LogP contribution in [0.5, 0.6) is 11.5 Å². The number of thioether (sulfide) groups is 2. The van der Waals surface area contributed by atoms with Gasteiger partial charge >= 0.3 is 0 Å². The molecular formula is C16H14O4S2. The van der Waals surface area contributed by atoms with Gasteiger partial charge in [-0.25, -0.2) is 0 Å². The molecule has 0 unspecified atom stereocenters. The van der Waals surface area contributed by atoms with E-state index in [2.05, 4.69) is 0 Å². The molecule has 2 heterocycles. The Kier molecular flexibility index (Phi) is 4.70. The molecule has 3 aromatic rings. The van der Waals surface area contributed by atoms with Crippen LogP contribution in [0.15, 0.2) is 67.5 Å². The fourth-order valence-corrected chi connectivity index (χ4v) is 3.71. The molecule has 0 atom stereocenters. The molecule has 3 rings (SSSR count). The number of furan rings is 2. The Hall–Kier alpha value is -1.92. The number of phenolic OH excluding ortho intramolecular Hbond substituents is 2. The van der Waals surface area contributed by atoms with Gasteiger partial charge in [0.05, 0.1) is 28.9 Å². The number of phenols is 2. The van der Waals surface area contributed by atoms with Crippen molar-refractivity contribution in [3.05, 3.63) is 60.4 Å². The molecule has 0 aliphatic rings. The highest BCUT2D eigenvalue weighted by atomic mass is 32.2. The average molecular weight is 334 g/mol. The molecule has 114 valence electrons. The van der Waals surface area contributed by atoms with E-state index in [0.29, 0.717) is 16.4 Å². The first-order valence-electron chi connectivity index (χ1n) is 6.58. The lowest BCUT2D eigenvalue weighted by Gasteiger charge is -2.08. The van der Waals surface area contributed by atoms with E-state index in [1.165, 1.54) is 23.5 Å². The maximum Gasteiger partial charge on any atom is 0.171 e. The van der Waals surface area contributed by atoms with Gasteiger partial charge in [0.25, 0.3) is 0 Å². The third-order valence-corrected chi connectivity index (χ3v) is 4.99. The number of benzene rings is 1. The first-order valence-corrected chi connectivity index (χ1v) is 8.56. The normalized spacial score (nSPS) is 10.9. The van der Waals surface area contributed by atoms with E-state index in [4.69, 9.17) is 8.83 Å². The third-order valence-electron chi connectivity index (χ3n) is 2.94. The van der Waals surface area contributed by atoms with E-state index in [1.807, 2.05) is 30.3 Å². The summed E-state index contributed by atoms with van der Waals surface area (Å²) in [5, 5.41) is 19.8. The zero-order chi connectivity index (χ0) is 15.4. The summed E-state index contributed by atoms with van der Waals surface area (Å²) in [7, 11) is 0. The van der Waals surface area contributed by atoms with Gasteiger partial charge in [-0.15, -0.1) is 23.5 Å². The van der Waals surface area contributed by atoms with Crippen molar-refractivity contribution in [2.75, 3.05) is 0 Å². The summed E-state index contributed by atoms with van der Waals surface area (Å²) < 4.78 is 10.6. The van der Waals surface area contributed by atoms with Crippen LogP contribution in [-0.2, 0) is 11.5 Å². The Balaban J connectivity index is 1.71. The molecule has 0 saturated carbocycles. The molecule has 22 heavy (non-hydrogen) atoms. The van der Waals surface area contributed by atoms with Gasteiger partial charge in [-0.05, 0) is 36.4 Å². The van der Waals surface area contributed by atoms with E-state index >= 15 is 0 Å². The minimum atomic E-state index is -0.119. The average Bonchev–Trinajstić information content (AvgIpc) is 3.20. The fourth-order valence-electron chi connectivity index (χ4n) is 1.85. The monoisotopic (exact) mass is 334 g/mol. The van der Waals surface area contributed by atoms with E-state index in [1.54, 1.807) is 18.6 Å². The van der Waals surface area contributed by atoms with E-state index < -0.39 is 0 Å². The standard InChI is InChI=1S/C16H14O4S2/c17-14-7-13(21-9-11-3-1-5-19-11)8-15(16(14)18)22-10-12-4-2-6-20-12/h1-8,17-18H,9-10H2. The summed E-state index contributed by atoms with van der Waals surface area (Å²) >= 11 is 2.95. The SMILES string of the molecule is Oc1cc(SCc2ccco2)cc(SCc2ccco2)c1O. The van der Waals surface area contributed by atoms with Gasteiger partial charge in [0.2, 0.25) is 0 Å². The lowest BCUT2D eigenvalue weighted by atomic mass is 10.3. The number of hydrogen-bond donors (Lipinski definition) is 2. The van der Waals surface area contributed by atoms with E-state index in [0.717, 1.165) is 16.4 Å². The molecule has 0 fully saturated rings. The molecular weight excluding hydrogens is 320 g/mol. The highest BCUT2D eigenvalue weighted by Gasteiger charge is 2.11. The van der Waals surface area contributed by atoms with Crippen LogP contribution in [0.4, 0.5) is 0 Å². The van der Waals surface area contributed by atoms with Gasteiger partial charge in [0, 0.05) is 4.90 Å². The molecule has 0 radical (unpaired) electrons. The van der Waals surface area contributed by atoms with Crippen LogP contribution in [0, 0.1) is 0 Å². The lowest BCUT2D eigenvalue weighted by Crippen LogP contribution is -1.82. The predicted octanol–water partition coefficient (Wildman–Crippen LogP) is 4.87. The number of aromatic hydroxyl groups is 2. The fraction of sp³-hybridized carbons (Fsp3) is 0.125. The van der Waals surface area contributed by atoms with Gasteiger partial charge in [0.15, 0.2) is 11.5 Å². The van der Waals surface area contributed by atoms with Crippen LogP contribution >= 0.6 is 23.5 Å². The second-order valence-corrected chi connectivity index (χ2v) is 6.59. The van der Waals surface area contributed by atoms with E-state index in [-0.39, 0.29) is 11.5 Å². The van der Waals surface area contributed by atoms with Crippen molar-refractivity contribution in [1.82, 2.24) is 0 Å². The molecule has 0 amide bonds. The molecule has 0 aliphatic heterocycles. The van der Waals surface area contributed by atoms with Crippen molar-refractivity contribution in [3.63, 3.8) is 0 Å². The Morgan fingerprint density at radius 3 is 2.09 bits per heavy atom. The molecule has 1 aromatic carbocycles. The minimum Gasteiger partial charge on any atom is -0.504 e.